The molecule has 1 fully saturated rings. The Kier molecular flexibility index (Phi) is 6.60. The minimum Gasteiger partial charge on any atom is -0.460 e. The van der Waals surface area contributed by atoms with Crippen molar-refractivity contribution in [3.8, 4) is 5.75 Å². The van der Waals surface area contributed by atoms with E-state index in [2.05, 4.69) is 10.1 Å². The summed E-state index contributed by atoms with van der Waals surface area (Å²) in [6.07, 6.45) is 1.75. The molecular formula is C21H26F2N2O5. The van der Waals surface area contributed by atoms with Crippen molar-refractivity contribution >= 4 is 12.0 Å². The SMILES string of the molecule is COCCOC(=O)C1=C(C)N(C2CC2)C(=O)N[C@H]1c1cc(C)c(OC(F)F)c(C)c1. The van der Waals surface area contributed by atoms with Crippen LogP contribution in [0, 0.1) is 13.8 Å². The Balaban J connectivity index is 2.00. The lowest BCUT2D eigenvalue weighted by Crippen LogP contribution is -2.49. The van der Waals surface area contributed by atoms with E-state index in [1.165, 1.54) is 7.11 Å². The third kappa shape index (κ3) is 4.56. The van der Waals surface area contributed by atoms with Gasteiger partial charge in [-0.15, -0.1) is 0 Å². The summed E-state index contributed by atoms with van der Waals surface area (Å²) < 4.78 is 40.3. The summed E-state index contributed by atoms with van der Waals surface area (Å²) in [4.78, 5) is 27.3. The van der Waals surface area contributed by atoms with E-state index in [-0.39, 0.29) is 31.0 Å². The Morgan fingerprint density at radius 3 is 2.37 bits per heavy atom. The van der Waals surface area contributed by atoms with Crippen molar-refractivity contribution in [1.82, 2.24) is 10.2 Å². The van der Waals surface area contributed by atoms with Crippen LogP contribution in [0.15, 0.2) is 23.4 Å². The van der Waals surface area contributed by atoms with Crippen molar-refractivity contribution in [2.45, 2.75) is 52.3 Å². The Bertz CT molecular complexity index is 844. The summed E-state index contributed by atoms with van der Waals surface area (Å²) in [5, 5.41) is 2.88. The zero-order chi connectivity index (χ0) is 22.0. The smallest absolute Gasteiger partial charge is 0.387 e. The molecule has 2 aliphatic rings. The first-order valence-corrected chi connectivity index (χ1v) is 9.77. The van der Waals surface area contributed by atoms with E-state index in [9.17, 15) is 18.4 Å². The molecule has 0 aromatic heterocycles. The van der Waals surface area contributed by atoms with Gasteiger partial charge in [-0.2, -0.15) is 8.78 Å². The molecule has 1 aromatic carbocycles. The minimum absolute atomic E-state index is 0.0676. The van der Waals surface area contributed by atoms with Crippen molar-refractivity contribution in [3.63, 3.8) is 0 Å². The van der Waals surface area contributed by atoms with Gasteiger partial charge in [-0.25, -0.2) is 9.59 Å². The molecule has 7 nitrogen and oxygen atoms in total. The van der Waals surface area contributed by atoms with E-state index in [0.717, 1.165) is 12.8 Å². The number of methoxy groups -OCH3 is 1. The number of hydrogen-bond acceptors (Lipinski definition) is 5. The monoisotopic (exact) mass is 424 g/mol. The second-order valence-corrected chi connectivity index (χ2v) is 7.47. The van der Waals surface area contributed by atoms with Crippen LogP contribution in [0.1, 0.15) is 42.5 Å². The van der Waals surface area contributed by atoms with Gasteiger partial charge in [0.15, 0.2) is 0 Å². The van der Waals surface area contributed by atoms with Gasteiger partial charge < -0.3 is 19.5 Å². The number of allylic oxidation sites excluding steroid dienone is 1. The van der Waals surface area contributed by atoms with Crippen LogP contribution in [-0.2, 0) is 14.3 Å². The molecule has 1 aliphatic carbocycles. The number of urea groups is 1. The highest BCUT2D eigenvalue weighted by Crippen LogP contribution is 2.39. The Labute approximate surface area is 174 Å². The molecule has 0 unspecified atom stereocenters. The van der Waals surface area contributed by atoms with Gasteiger partial charge in [0.2, 0.25) is 0 Å². The number of amides is 2. The fourth-order valence-electron chi connectivity index (χ4n) is 3.76. The quantitative estimate of drug-likeness (QED) is 0.510. The number of esters is 1. The fourth-order valence-corrected chi connectivity index (χ4v) is 3.76. The second kappa shape index (κ2) is 8.99. The van der Waals surface area contributed by atoms with E-state index in [1.54, 1.807) is 37.8 Å². The summed E-state index contributed by atoms with van der Waals surface area (Å²) in [6.45, 7) is 2.40. The Morgan fingerprint density at radius 1 is 1.20 bits per heavy atom. The Hall–Kier alpha value is -2.68. The van der Waals surface area contributed by atoms with Crippen molar-refractivity contribution in [1.29, 1.82) is 0 Å². The molecule has 0 spiro atoms. The molecule has 30 heavy (non-hydrogen) atoms. The highest BCUT2D eigenvalue weighted by atomic mass is 19.3. The molecule has 1 atom stereocenters. The van der Waals surface area contributed by atoms with E-state index in [0.29, 0.717) is 28.0 Å². The van der Waals surface area contributed by atoms with Gasteiger partial charge in [0, 0.05) is 18.8 Å². The largest absolute Gasteiger partial charge is 0.460 e. The first-order valence-electron chi connectivity index (χ1n) is 9.77. The number of carbonyl (C=O) groups excluding carboxylic acids is 2. The summed E-state index contributed by atoms with van der Waals surface area (Å²) in [5.74, 6) is -0.469. The van der Waals surface area contributed by atoms with Gasteiger partial charge in [0.1, 0.15) is 12.4 Å². The van der Waals surface area contributed by atoms with E-state index in [4.69, 9.17) is 9.47 Å². The van der Waals surface area contributed by atoms with Crippen molar-refractivity contribution in [2.75, 3.05) is 20.3 Å². The molecule has 1 aliphatic heterocycles. The van der Waals surface area contributed by atoms with Crippen LogP contribution in [0.25, 0.3) is 0 Å². The van der Waals surface area contributed by atoms with Crippen LogP contribution in [0.2, 0.25) is 0 Å². The maximum absolute atomic E-state index is 12.9. The number of benzene rings is 1. The third-order valence-corrected chi connectivity index (χ3v) is 5.20. The number of halogens is 2. The van der Waals surface area contributed by atoms with Crippen LogP contribution in [0.3, 0.4) is 0 Å². The number of rotatable bonds is 8. The molecule has 1 aromatic rings. The van der Waals surface area contributed by atoms with Crippen molar-refractivity contribution in [2.24, 2.45) is 0 Å². The van der Waals surface area contributed by atoms with E-state index >= 15 is 0 Å². The number of ether oxygens (including phenoxy) is 3. The first-order chi connectivity index (χ1) is 14.2. The van der Waals surface area contributed by atoms with Gasteiger partial charge in [-0.3, -0.25) is 4.90 Å². The molecule has 1 heterocycles. The minimum atomic E-state index is -2.94. The summed E-state index contributed by atoms with van der Waals surface area (Å²) >= 11 is 0. The van der Waals surface area contributed by atoms with Crippen LogP contribution in [0.4, 0.5) is 13.6 Å². The van der Waals surface area contributed by atoms with E-state index in [1.807, 2.05) is 0 Å². The number of hydrogen-bond donors (Lipinski definition) is 1. The maximum atomic E-state index is 12.9. The molecule has 0 bridgehead atoms. The predicted molar refractivity (Wildman–Crippen MR) is 104 cm³/mol. The lowest BCUT2D eigenvalue weighted by molar-refractivity contribution is -0.140. The summed E-state index contributed by atoms with van der Waals surface area (Å²) in [5.41, 5.74) is 2.41. The van der Waals surface area contributed by atoms with E-state index < -0.39 is 18.6 Å². The van der Waals surface area contributed by atoms with Crippen molar-refractivity contribution < 1.29 is 32.6 Å². The first kappa shape index (κ1) is 22.0. The molecule has 3 rings (SSSR count). The average molecular weight is 424 g/mol. The fraction of sp³-hybridized carbons (Fsp3) is 0.524. The molecule has 164 valence electrons. The lowest BCUT2D eigenvalue weighted by atomic mass is 9.92. The zero-order valence-electron chi connectivity index (χ0n) is 17.5. The maximum Gasteiger partial charge on any atom is 0.387 e. The van der Waals surface area contributed by atoms with Gasteiger partial charge in [-0.05, 0) is 62.4 Å². The molecule has 0 radical (unpaired) electrons. The average Bonchev–Trinajstić information content (AvgIpc) is 3.49. The van der Waals surface area contributed by atoms with Crippen LogP contribution >= 0.6 is 0 Å². The molecule has 1 N–H and O–H groups in total. The van der Waals surface area contributed by atoms with Gasteiger partial charge in [0.25, 0.3) is 0 Å². The number of aryl methyl sites for hydroxylation is 2. The number of alkyl halides is 2. The molecular weight excluding hydrogens is 398 g/mol. The second-order valence-electron chi connectivity index (χ2n) is 7.47. The topological polar surface area (TPSA) is 77.1 Å². The van der Waals surface area contributed by atoms with Gasteiger partial charge in [-0.1, -0.05) is 0 Å². The molecule has 9 heteroatoms. The number of carbonyl (C=O) groups is 2. The normalized spacial score (nSPS) is 19.2. The highest BCUT2D eigenvalue weighted by Gasteiger charge is 2.42. The predicted octanol–water partition coefficient (Wildman–Crippen LogP) is 3.60. The van der Waals surface area contributed by atoms with Gasteiger partial charge in [0.05, 0.1) is 18.2 Å². The molecule has 0 saturated heterocycles. The van der Waals surface area contributed by atoms with Crippen LogP contribution in [-0.4, -0.2) is 49.9 Å². The van der Waals surface area contributed by atoms with Gasteiger partial charge >= 0.3 is 18.6 Å². The lowest BCUT2D eigenvalue weighted by Gasteiger charge is -2.36. The number of nitrogens with one attached hydrogen (secondary N) is 1. The summed E-state index contributed by atoms with van der Waals surface area (Å²) in [7, 11) is 1.51. The van der Waals surface area contributed by atoms with Crippen LogP contribution in [0.5, 0.6) is 5.75 Å². The zero-order valence-corrected chi connectivity index (χ0v) is 17.5. The number of nitrogens with zero attached hydrogens (tertiary/aromatic N) is 1. The highest BCUT2D eigenvalue weighted by molar-refractivity contribution is 5.95. The van der Waals surface area contributed by atoms with Crippen LogP contribution < -0.4 is 10.1 Å². The standard InChI is InChI=1S/C21H26F2N2O5/c1-11-9-14(10-12(2)18(11)30-20(22)23)17-16(19(26)29-8-7-28-4)13(3)25(15-5-6-15)21(27)24-17/h9-10,15,17,20H,5-8H2,1-4H3,(H,24,27)/t17-/m0/s1. The molecule has 1 saturated carbocycles. The van der Waals surface area contributed by atoms with Crippen molar-refractivity contribution in [3.05, 3.63) is 40.1 Å². The third-order valence-electron chi connectivity index (χ3n) is 5.20. The Morgan fingerprint density at radius 2 is 1.83 bits per heavy atom. The summed E-state index contributed by atoms with van der Waals surface area (Å²) in [6, 6.07) is 2.28. The molecule has 2 amide bonds.